The van der Waals surface area contributed by atoms with Crippen LogP contribution in [0.2, 0.25) is 0 Å². The number of amides is 1. The summed E-state index contributed by atoms with van der Waals surface area (Å²) < 4.78 is 11.7. The van der Waals surface area contributed by atoms with Gasteiger partial charge in [-0.15, -0.1) is 0 Å². The number of pyridine rings is 2. The van der Waals surface area contributed by atoms with Crippen molar-refractivity contribution in [2.45, 2.75) is 70.9 Å². The number of nitrogens with one attached hydrogen (secondary N) is 1. The second-order valence-electron chi connectivity index (χ2n) is 11.2. The van der Waals surface area contributed by atoms with Crippen molar-refractivity contribution in [3.05, 3.63) is 74.7 Å². The van der Waals surface area contributed by atoms with Gasteiger partial charge in [0.15, 0.2) is 5.78 Å². The number of ether oxygens (including phenoxy) is 2. The molecule has 8 heteroatoms. The molecule has 1 N–H and O–H groups in total. The maximum Gasteiger partial charge on any atom is 0.408 e. The van der Waals surface area contributed by atoms with Gasteiger partial charge in [-0.05, 0) is 92.0 Å². The Kier molecular flexibility index (Phi) is 6.37. The number of hydrogen-bond donors (Lipinski definition) is 1. The Morgan fingerprint density at radius 1 is 1.05 bits per heavy atom. The fourth-order valence-electron chi connectivity index (χ4n) is 5.25. The molecule has 1 aromatic carbocycles. The zero-order chi connectivity index (χ0) is 27.4. The van der Waals surface area contributed by atoms with Crippen LogP contribution in [0.1, 0.15) is 72.1 Å². The second kappa shape index (κ2) is 9.42. The molecule has 2 aliphatic carbocycles. The molecule has 2 heterocycles. The fourth-order valence-corrected chi connectivity index (χ4v) is 5.25. The number of carbonyl (C=O) groups is 3. The lowest BCUT2D eigenvalue weighted by atomic mass is 9.85. The summed E-state index contributed by atoms with van der Waals surface area (Å²) in [6.07, 6.45) is 3.76. The van der Waals surface area contributed by atoms with Crippen LogP contribution in [0.25, 0.3) is 16.6 Å². The molecule has 1 atom stereocenters. The Bertz CT molecular complexity index is 1540. The van der Waals surface area contributed by atoms with Gasteiger partial charge in [0.25, 0.3) is 5.56 Å². The number of aryl methyl sites for hydroxylation is 1. The van der Waals surface area contributed by atoms with Crippen molar-refractivity contribution in [3.8, 4) is 11.1 Å². The molecule has 0 aliphatic heterocycles. The smallest absolute Gasteiger partial charge is 0.408 e. The summed E-state index contributed by atoms with van der Waals surface area (Å²) in [5, 5.41) is 2.71. The SMILES string of the molecule is COC(=O)c1cc(C2CC2)c2c(C)c(-c3ccc4c(c3)CC(=O)C(NC(=O)OC(C)(C)C)C4)ccn2c1=O. The van der Waals surface area contributed by atoms with E-state index in [1.807, 2.05) is 31.2 Å². The third kappa shape index (κ3) is 4.83. The van der Waals surface area contributed by atoms with Gasteiger partial charge in [0.05, 0.1) is 18.7 Å². The van der Waals surface area contributed by atoms with Gasteiger partial charge in [0.1, 0.15) is 11.2 Å². The molecule has 0 bridgehead atoms. The molecule has 0 radical (unpaired) electrons. The van der Waals surface area contributed by atoms with E-state index in [0.717, 1.165) is 51.7 Å². The maximum absolute atomic E-state index is 13.1. The van der Waals surface area contributed by atoms with Gasteiger partial charge in [0, 0.05) is 19.0 Å². The summed E-state index contributed by atoms with van der Waals surface area (Å²) in [6, 6.07) is 8.98. The van der Waals surface area contributed by atoms with Crippen molar-refractivity contribution < 1.29 is 23.9 Å². The number of rotatable bonds is 4. The van der Waals surface area contributed by atoms with Gasteiger partial charge in [0.2, 0.25) is 0 Å². The number of nitrogens with zero attached hydrogens (tertiary/aromatic N) is 1. The number of ketones is 1. The van der Waals surface area contributed by atoms with Crippen LogP contribution >= 0.6 is 0 Å². The van der Waals surface area contributed by atoms with Crippen LogP contribution in [0.5, 0.6) is 0 Å². The minimum atomic E-state index is -0.641. The number of benzene rings is 1. The number of esters is 1. The molecule has 1 amide bonds. The van der Waals surface area contributed by atoms with Crippen molar-refractivity contribution in [3.63, 3.8) is 0 Å². The van der Waals surface area contributed by atoms with E-state index in [-0.39, 0.29) is 17.8 Å². The summed E-state index contributed by atoms with van der Waals surface area (Å²) in [5.41, 5.74) is 5.58. The van der Waals surface area contributed by atoms with Crippen molar-refractivity contribution in [1.82, 2.24) is 9.72 Å². The molecule has 198 valence electrons. The molecular formula is C30H32N2O6. The van der Waals surface area contributed by atoms with E-state index in [9.17, 15) is 19.2 Å². The third-order valence-electron chi connectivity index (χ3n) is 7.22. The molecule has 8 nitrogen and oxygen atoms in total. The monoisotopic (exact) mass is 516 g/mol. The minimum Gasteiger partial charge on any atom is -0.465 e. The van der Waals surface area contributed by atoms with E-state index in [2.05, 4.69) is 5.32 Å². The van der Waals surface area contributed by atoms with Crippen LogP contribution in [0.3, 0.4) is 0 Å². The first-order valence-electron chi connectivity index (χ1n) is 12.9. The number of aromatic nitrogens is 1. The molecule has 5 rings (SSSR count). The van der Waals surface area contributed by atoms with Gasteiger partial charge in [-0.25, -0.2) is 9.59 Å². The first-order chi connectivity index (χ1) is 18.0. The second-order valence-corrected chi connectivity index (χ2v) is 11.2. The summed E-state index contributed by atoms with van der Waals surface area (Å²) in [6.45, 7) is 7.33. The third-order valence-corrected chi connectivity index (χ3v) is 7.22. The van der Waals surface area contributed by atoms with Gasteiger partial charge in [-0.2, -0.15) is 0 Å². The van der Waals surface area contributed by atoms with Crippen LogP contribution < -0.4 is 10.9 Å². The number of alkyl carbamates (subject to hydrolysis) is 1. The highest BCUT2D eigenvalue weighted by molar-refractivity contribution is 5.92. The van der Waals surface area contributed by atoms with E-state index < -0.39 is 29.3 Å². The number of methoxy groups -OCH3 is 1. The van der Waals surface area contributed by atoms with E-state index in [1.165, 1.54) is 7.11 Å². The molecule has 1 saturated carbocycles. The quantitative estimate of drug-likeness (QED) is 0.512. The largest absolute Gasteiger partial charge is 0.465 e. The van der Waals surface area contributed by atoms with E-state index in [0.29, 0.717) is 12.3 Å². The Morgan fingerprint density at radius 3 is 2.45 bits per heavy atom. The molecule has 0 spiro atoms. The lowest BCUT2D eigenvalue weighted by molar-refractivity contribution is -0.120. The first-order valence-corrected chi connectivity index (χ1v) is 12.9. The fraction of sp³-hybridized carbons (Fsp3) is 0.400. The van der Waals surface area contributed by atoms with E-state index >= 15 is 0 Å². The van der Waals surface area contributed by atoms with Crippen molar-refractivity contribution in [1.29, 1.82) is 0 Å². The zero-order valence-electron chi connectivity index (χ0n) is 22.3. The normalized spacial score (nSPS) is 17.2. The zero-order valence-corrected chi connectivity index (χ0v) is 22.3. The van der Waals surface area contributed by atoms with Gasteiger partial charge >= 0.3 is 12.1 Å². The Morgan fingerprint density at radius 2 is 1.79 bits per heavy atom. The van der Waals surface area contributed by atoms with Gasteiger partial charge in [-0.1, -0.05) is 18.2 Å². The highest BCUT2D eigenvalue weighted by Crippen LogP contribution is 2.43. The number of hydrogen-bond acceptors (Lipinski definition) is 6. The summed E-state index contributed by atoms with van der Waals surface area (Å²) in [4.78, 5) is 50.5. The topological polar surface area (TPSA) is 103 Å². The molecule has 1 fully saturated rings. The van der Waals surface area contributed by atoms with E-state index in [1.54, 1.807) is 37.4 Å². The van der Waals surface area contributed by atoms with Crippen LogP contribution in [0.15, 0.2) is 41.3 Å². The summed E-state index contributed by atoms with van der Waals surface area (Å²) in [5.74, 6) is -0.390. The van der Waals surface area contributed by atoms with E-state index in [4.69, 9.17) is 9.47 Å². The highest BCUT2D eigenvalue weighted by atomic mass is 16.6. The Balaban J connectivity index is 1.50. The highest BCUT2D eigenvalue weighted by Gasteiger charge is 2.31. The molecular weight excluding hydrogens is 484 g/mol. The van der Waals surface area contributed by atoms with Crippen LogP contribution in [0, 0.1) is 6.92 Å². The molecule has 2 aliphatic rings. The molecule has 2 aromatic heterocycles. The summed E-state index contributed by atoms with van der Waals surface area (Å²) >= 11 is 0. The van der Waals surface area contributed by atoms with Crippen molar-refractivity contribution >= 4 is 23.4 Å². The standard InChI is InChI=1S/C30H32N2O6/c1-16-21(10-11-32-26(16)22(17-6-7-17)15-23(27(32)34)28(35)37-5)19-9-8-18-13-24(25(33)14-20(18)12-19)31-29(36)38-30(2,3)4/h8-12,15,17,24H,6-7,13-14H2,1-5H3,(H,31,36). The first kappa shape index (κ1) is 25.7. The van der Waals surface area contributed by atoms with Gasteiger partial charge in [-0.3, -0.25) is 14.0 Å². The van der Waals surface area contributed by atoms with Crippen LogP contribution in [0.4, 0.5) is 4.79 Å². The molecule has 38 heavy (non-hydrogen) atoms. The Hall–Kier alpha value is -3.94. The molecule has 3 aromatic rings. The van der Waals surface area contributed by atoms with Crippen LogP contribution in [-0.4, -0.2) is 41.0 Å². The predicted octanol–water partition coefficient (Wildman–Crippen LogP) is 4.50. The lowest BCUT2D eigenvalue weighted by Gasteiger charge is -2.27. The lowest BCUT2D eigenvalue weighted by Crippen LogP contribution is -2.47. The summed E-state index contributed by atoms with van der Waals surface area (Å²) in [7, 11) is 1.28. The predicted molar refractivity (Wildman–Crippen MR) is 143 cm³/mol. The minimum absolute atomic E-state index is 0.0425. The maximum atomic E-state index is 13.1. The average Bonchev–Trinajstić information content (AvgIpc) is 3.69. The van der Waals surface area contributed by atoms with Gasteiger partial charge < -0.3 is 14.8 Å². The number of fused-ring (bicyclic) bond motifs is 2. The van der Waals surface area contributed by atoms with Crippen molar-refractivity contribution in [2.24, 2.45) is 0 Å². The van der Waals surface area contributed by atoms with Crippen LogP contribution in [-0.2, 0) is 27.1 Å². The number of Topliss-reactive ketones (excluding diaryl/α,β-unsaturated/α-hetero) is 1. The molecule has 1 unspecified atom stereocenters. The Labute approximate surface area is 221 Å². The van der Waals surface area contributed by atoms with Crippen molar-refractivity contribution in [2.75, 3.05) is 7.11 Å². The average molecular weight is 517 g/mol. The number of carbonyl (C=O) groups excluding carboxylic acids is 3. The molecule has 0 saturated heterocycles.